The predicted octanol–water partition coefficient (Wildman–Crippen LogP) is 3.56. The van der Waals surface area contributed by atoms with Crippen LogP contribution < -0.4 is 0 Å². The van der Waals surface area contributed by atoms with Gasteiger partial charge in [-0.3, -0.25) is 4.79 Å². The first-order valence-electron chi connectivity index (χ1n) is 0.929. The van der Waals surface area contributed by atoms with Crippen LogP contribution in [0.4, 0.5) is 4.79 Å². The second-order valence-electron chi connectivity index (χ2n) is 0.226. The first-order chi connectivity index (χ1) is 3.73. The van der Waals surface area contributed by atoms with Crippen LogP contribution in [0.2, 0.25) is 0 Å². The van der Waals surface area contributed by atoms with Gasteiger partial charge in [-0.05, 0) is 23.2 Å². The molecule has 0 saturated heterocycles. The summed E-state index contributed by atoms with van der Waals surface area (Å²) in [6.45, 7) is 4.50. The summed E-state index contributed by atoms with van der Waals surface area (Å²) >= 11 is 8.80. The summed E-state index contributed by atoms with van der Waals surface area (Å²) in [4.78, 5) is 8.98. The Kier molecular flexibility index (Phi) is 97.0. The number of carbonyl (C=O) groups is 1. The molecule has 0 aliphatic rings. The van der Waals surface area contributed by atoms with Crippen molar-refractivity contribution in [2.75, 3.05) is 0 Å². The molecule has 0 saturated carbocycles. The molecule has 0 bridgehead atoms. The molecule has 0 amide bonds. The molecule has 6 heteroatoms. The van der Waals surface area contributed by atoms with E-state index in [4.69, 9.17) is 9.45 Å². The molecule has 0 unspecified atom stereocenters. The zero-order chi connectivity index (χ0) is 7.58. The van der Waals surface area contributed by atoms with Crippen LogP contribution in [0.25, 0.3) is 0 Å². The molecule has 0 aliphatic carbocycles. The predicted molar refractivity (Wildman–Crippen MR) is 39.5 cm³/mol. The second kappa shape index (κ2) is 38.5. The summed E-state index contributed by atoms with van der Waals surface area (Å²) in [5.74, 6) is 0. The van der Waals surface area contributed by atoms with Crippen LogP contribution in [0, 0.1) is 6.65 Å². The van der Waals surface area contributed by atoms with Gasteiger partial charge in [-0.25, -0.2) is 0 Å². The molecule has 0 aromatic carbocycles. The molecular weight excluding hydrogens is 210 g/mol. The zero-order valence-electron chi connectivity index (χ0n) is 3.33. The van der Waals surface area contributed by atoms with Crippen LogP contribution in [0.5, 0.6) is 0 Å². The Morgan fingerprint density at radius 2 is 1.22 bits per heavy atom. The molecule has 0 atom stereocenters. The normalized spacial score (nSPS) is 3.78. The molecule has 0 aliphatic heterocycles. The molecule has 0 aromatic rings. The minimum atomic E-state index is -0.889. The summed E-state index contributed by atoms with van der Waals surface area (Å²) in [5.41, 5.74) is 0. The van der Waals surface area contributed by atoms with E-state index in [1.807, 2.05) is 0 Å². The van der Waals surface area contributed by atoms with E-state index in [1.54, 1.807) is 0 Å². The van der Waals surface area contributed by atoms with E-state index in [0.29, 0.717) is 0 Å². The third-order valence-electron chi connectivity index (χ3n) is 0. The van der Waals surface area contributed by atoms with E-state index in [2.05, 4.69) is 51.6 Å². The first kappa shape index (κ1) is 22.7. The van der Waals surface area contributed by atoms with Crippen molar-refractivity contribution in [2.45, 2.75) is 7.43 Å². The van der Waals surface area contributed by atoms with Crippen molar-refractivity contribution in [3.05, 3.63) is 6.65 Å². The van der Waals surface area contributed by atoms with Gasteiger partial charge in [-0.15, -0.1) is 0 Å². The van der Waals surface area contributed by atoms with Crippen LogP contribution in [0.15, 0.2) is 0 Å². The third-order valence-corrected chi connectivity index (χ3v) is 0. The summed E-state index contributed by atoms with van der Waals surface area (Å²) in [6, 6.07) is 0. The number of rotatable bonds is 0. The second-order valence-corrected chi connectivity index (χ2v) is 1.11. The third kappa shape index (κ3) is 1140. The van der Waals surface area contributed by atoms with Gasteiger partial charge in [0.05, 0.1) is 0 Å². The first-order valence-corrected chi connectivity index (χ1v) is 2.83. The zero-order valence-corrected chi connectivity index (χ0v) is 6.35. The van der Waals surface area contributed by atoms with Gasteiger partial charge in [0.15, 0.2) is 0 Å². The van der Waals surface area contributed by atoms with Gasteiger partial charge in [0.1, 0.15) is 0 Å². The van der Waals surface area contributed by atoms with Crippen molar-refractivity contribution in [2.24, 2.45) is 0 Å². The molecular formula is C3H4Cl4O2. The molecule has 56 valence electrons. The van der Waals surface area contributed by atoms with Crippen molar-refractivity contribution in [1.29, 1.82) is 0 Å². The van der Waals surface area contributed by atoms with Gasteiger partial charge in [0, 0.05) is 21.7 Å². The van der Waals surface area contributed by atoms with Crippen molar-refractivity contribution in [3.8, 4) is 0 Å². The molecule has 2 nitrogen and oxygen atoms in total. The van der Waals surface area contributed by atoms with E-state index < -0.39 is 4.70 Å². The Hall–Kier alpha value is 0.570. The molecule has 0 rings (SSSR count). The van der Waals surface area contributed by atoms with E-state index in [9.17, 15) is 0 Å². The van der Waals surface area contributed by atoms with Gasteiger partial charge in [-0.1, -0.05) is 7.43 Å². The van der Waals surface area contributed by atoms with Gasteiger partial charge >= 0.3 is 16.0 Å². The van der Waals surface area contributed by atoms with Crippen molar-refractivity contribution in [1.82, 2.24) is 0 Å². The van der Waals surface area contributed by atoms with Crippen molar-refractivity contribution in [3.63, 3.8) is 0 Å². The Morgan fingerprint density at radius 3 is 1.22 bits per heavy atom. The Bertz CT molecular complexity index is 58.1. The fourth-order valence-corrected chi connectivity index (χ4v) is 0. The Morgan fingerprint density at radius 1 is 1.22 bits per heavy atom. The van der Waals surface area contributed by atoms with E-state index in [0.717, 1.165) is 0 Å². The summed E-state index contributed by atoms with van der Waals surface area (Å²) in [7, 11) is 8.22. The molecule has 9 heavy (non-hydrogen) atoms. The molecule has 0 aromatic heterocycles. The number of halogens is 4. The van der Waals surface area contributed by atoms with Crippen LogP contribution in [0.1, 0.15) is 7.43 Å². The fraction of sp³-hybridized carbons (Fsp3) is 0.333. The van der Waals surface area contributed by atoms with Gasteiger partial charge in [0.25, 0.3) is 0 Å². The van der Waals surface area contributed by atoms with Crippen LogP contribution >= 0.6 is 44.9 Å². The average Bonchev–Trinajstić information content (AvgIpc) is 1.75. The molecule has 0 radical (unpaired) electrons. The van der Waals surface area contributed by atoms with Crippen LogP contribution in [-0.2, 0) is 4.65 Å². The Balaban J connectivity index is -0.0000000221. The van der Waals surface area contributed by atoms with Gasteiger partial charge in [-0.2, -0.15) is 0 Å². The number of hydrogen-bond acceptors (Lipinski definition) is 1. The fourth-order valence-electron chi connectivity index (χ4n) is 0. The molecule has 0 heterocycles. The number of carbonyl (C=O) groups excluding carboxylic acids is 1. The maximum absolute atomic E-state index is 8.98. The molecule has 0 spiro atoms. The van der Waals surface area contributed by atoms with E-state index >= 15 is 0 Å². The van der Waals surface area contributed by atoms with Gasteiger partial charge in [0.2, 0.25) is 0 Å². The summed E-state index contributed by atoms with van der Waals surface area (Å²) in [5, 5.41) is 0. The molecule has 0 N–H and O–H groups in total. The summed E-state index contributed by atoms with van der Waals surface area (Å²) in [6.07, 6.45) is 0. The Labute approximate surface area is 73.3 Å². The quantitative estimate of drug-likeness (QED) is 0.345. The van der Waals surface area contributed by atoms with Crippen molar-refractivity contribution >= 4 is 49.6 Å². The maximum atomic E-state index is 8.98. The van der Waals surface area contributed by atoms with E-state index in [1.165, 1.54) is 0 Å². The average molecular weight is 214 g/mol. The molecule has 0 fully saturated rings. The summed E-state index contributed by atoms with van der Waals surface area (Å²) < 4.78 is 6.61. The van der Waals surface area contributed by atoms with Crippen LogP contribution in [0.3, 0.4) is 0 Å². The van der Waals surface area contributed by atoms with Crippen molar-refractivity contribution < 1.29 is 9.45 Å². The monoisotopic (exact) mass is 212 g/mol. The minimum absolute atomic E-state index is 0. The number of hydrogen-bond donors (Lipinski definition) is 0. The van der Waals surface area contributed by atoms with Gasteiger partial charge < -0.3 is 0 Å². The SMILES string of the molecule is C.ClCl.O=C(Cl)Cl.[C-]#[O+]. The topological polar surface area (TPSA) is 37.0 Å². The van der Waals surface area contributed by atoms with E-state index in [-0.39, 0.29) is 7.43 Å². The van der Waals surface area contributed by atoms with Crippen LogP contribution in [-0.4, -0.2) is 4.70 Å². The standard InChI is InChI=1S/CCl2O.CO.CH4.Cl2/c2-1(3)4;1-2;;1-2/h;;1H4;.